The van der Waals surface area contributed by atoms with E-state index in [-0.39, 0.29) is 17.7 Å². The van der Waals surface area contributed by atoms with Gasteiger partial charge in [-0.1, -0.05) is 42.4 Å². The van der Waals surface area contributed by atoms with E-state index < -0.39 is 0 Å². The number of benzene rings is 2. The number of aromatic nitrogens is 3. The highest BCUT2D eigenvalue weighted by Crippen LogP contribution is 2.29. The molecule has 1 fully saturated rings. The molecule has 8 heteroatoms. The summed E-state index contributed by atoms with van der Waals surface area (Å²) >= 11 is 0. The fourth-order valence-electron chi connectivity index (χ4n) is 4.23. The van der Waals surface area contributed by atoms with Crippen molar-refractivity contribution in [2.45, 2.75) is 32.1 Å². The number of para-hydroxylation sites is 1. The molecule has 2 N–H and O–H groups in total. The van der Waals surface area contributed by atoms with E-state index in [2.05, 4.69) is 20.4 Å². The van der Waals surface area contributed by atoms with Gasteiger partial charge in [0.15, 0.2) is 0 Å². The van der Waals surface area contributed by atoms with Gasteiger partial charge in [0, 0.05) is 41.7 Å². The van der Waals surface area contributed by atoms with E-state index >= 15 is 0 Å². The largest absolute Gasteiger partial charge is 0.351 e. The molecule has 5 rings (SSSR count). The Hall–Kier alpha value is -3.94. The maximum absolute atomic E-state index is 13.1. The molecule has 1 atom stereocenters. The van der Waals surface area contributed by atoms with Crippen molar-refractivity contribution < 1.29 is 14.1 Å². The first-order chi connectivity index (χ1) is 16.1. The summed E-state index contributed by atoms with van der Waals surface area (Å²) in [4.78, 5) is 34.5. The number of anilines is 1. The lowest BCUT2D eigenvalue weighted by atomic mass is 9.97. The molecule has 0 saturated carbocycles. The Morgan fingerprint density at radius 3 is 2.91 bits per heavy atom. The number of hydrogen-bond acceptors (Lipinski definition) is 5. The number of piperidine rings is 1. The van der Waals surface area contributed by atoms with Crippen LogP contribution in [0.15, 0.2) is 59.1 Å². The summed E-state index contributed by atoms with van der Waals surface area (Å²) in [6.07, 6.45) is 2.16. The van der Waals surface area contributed by atoms with Gasteiger partial charge >= 0.3 is 0 Å². The normalized spacial score (nSPS) is 16.2. The molecule has 4 aromatic rings. The molecular weight excluding hydrogens is 418 g/mol. The van der Waals surface area contributed by atoms with Crippen LogP contribution in [0.25, 0.3) is 22.3 Å². The van der Waals surface area contributed by atoms with Crippen LogP contribution in [-0.4, -0.2) is 44.9 Å². The molecule has 168 valence electrons. The van der Waals surface area contributed by atoms with Crippen LogP contribution in [0.4, 0.5) is 5.69 Å². The quantitative estimate of drug-likeness (QED) is 0.470. The Labute approximate surface area is 191 Å². The van der Waals surface area contributed by atoms with Gasteiger partial charge in [-0.3, -0.25) is 9.59 Å². The molecule has 0 spiro atoms. The van der Waals surface area contributed by atoms with Crippen molar-refractivity contribution in [3.05, 3.63) is 66.2 Å². The van der Waals surface area contributed by atoms with Gasteiger partial charge in [0.2, 0.25) is 17.6 Å². The Balaban J connectivity index is 1.31. The molecule has 33 heavy (non-hydrogen) atoms. The number of likely N-dealkylation sites (tertiary alicyclic amines) is 1. The first-order valence-corrected chi connectivity index (χ1v) is 11.2. The highest BCUT2D eigenvalue weighted by molar-refractivity contribution is 5.98. The van der Waals surface area contributed by atoms with Crippen LogP contribution in [0.3, 0.4) is 0 Å². The van der Waals surface area contributed by atoms with Crippen LogP contribution < -0.4 is 5.32 Å². The van der Waals surface area contributed by atoms with Crippen molar-refractivity contribution in [2.75, 3.05) is 18.4 Å². The van der Waals surface area contributed by atoms with Crippen molar-refractivity contribution in [1.82, 2.24) is 20.0 Å². The molecule has 0 radical (unpaired) electrons. The summed E-state index contributed by atoms with van der Waals surface area (Å²) in [7, 11) is 0. The molecule has 3 heterocycles. The lowest BCUT2D eigenvalue weighted by Crippen LogP contribution is -2.39. The SMILES string of the molecule is CCC(=O)Nc1cccc(-c2noc(C3CCCN(C(=O)c4cc5ccccc5[nH]4)C3)n2)c1. The second-order valence-electron chi connectivity index (χ2n) is 8.30. The van der Waals surface area contributed by atoms with E-state index in [9.17, 15) is 9.59 Å². The zero-order valence-corrected chi connectivity index (χ0v) is 18.4. The molecule has 0 bridgehead atoms. The summed E-state index contributed by atoms with van der Waals surface area (Å²) in [5.74, 6) is 0.910. The van der Waals surface area contributed by atoms with Gasteiger partial charge in [-0.2, -0.15) is 4.98 Å². The van der Waals surface area contributed by atoms with Crippen molar-refractivity contribution in [1.29, 1.82) is 0 Å². The van der Waals surface area contributed by atoms with Crippen LogP contribution in [0.2, 0.25) is 0 Å². The van der Waals surface area contributed by atoms with Crippen LogP contribution in [0.1, 0.15) is 48.5 Å². The number of carbonyl (C=O) groups excluding carboxylic acids is 2. The number of H-pyrrole nitrogens is 1. The predicted octanol–water partition coefficient (Wildman–Crippen LogP) is 4.59. The van der Waals surface area contributed by atoms with Crippen LogP contribution in [0, 0.1) is 0 Å². The van der Waals surface area contributed by atoms with E-state index in [4.69, 9.17) is 4.52 Å². The summed E-state index contributed by atoms with van der Waals surface area (Å²) in [6.45, 7) is 3.04. The average molecular weight is 444 g/mol. The average Bonchev–Trinajstić information content (AvgIpc) is 3.51. The molecule has 1 saturated heterocycles. The van der Waals surface area contributed by atoms with E-state index in [0.717, 1.165) is 29.3 Å². The fraction of sp³-hybridized carbons (Fsp3) is 0.280. The third-order valence-electron chi connectivity index (χ3n) is 5.99. The van der Waals surface area contributed by atoms with Crippen molar-refractivity contribution in [3.8, 4) is 11.4 Å². The molecule has 2 amide bonds. The molecule has 0 aliphatic carbocycles. The molecule has 2 aromatic carbocycles. The van der Waals surface area contributed by atoms with Gasteiger partial charge in [-0.15, -0.1) is 0 Å². The molecule has 1 aliphatic rings. The zero-order chi connectivity index (χ0) is 22.8. The van der Waals surface area contributed by atoms with Crippen LogP contribution >= 0.6 is 0 Å². The highest BCUT2D eigenvalue weighted by atomic mass is 16.5. The second kappa shape index (κ2) is 8.90. The summed E-state index contributed by atoms with van der Waals surface area (Å²) < 4.78 is 5.59. The maximum Gasteiger partial charge on any atom is 0.270 e. The Bertz CT molecular complexity index is 1280. The van der Waals surface area contributed by atoms with E-state index in [1.807, 2.05) is 59.5 Å². The van der Waals surface area contributed by atoms with Gasteiger partial charge in [-0.25, -0.2) is 0 Å². The number of rotatable bonds is 5. The lowest BCUT2D eigenvalue weighted by Gasteiger charge is -2.30. The Morgan fingerprint density at radius 2 is 2.06 bits per heavy atom. The smallest absolute Gasteiger partial charge is 0.270 e. The number of aromatic amines is 1. The van der Waals surface area contributed by atoms with Gasteiger partial charge in [0.05, 0.1) is 5.92 Å². The van der Waals surface area contributed by atoms with E-state index in [0.29, 0.717) is 42.6 Å². The van der Waals surface area contributed by atoms with Gasteiger partial charge < -0.3 is 19.7 Å². The summed E-state index contributed by atoms with van der Waals surface area (Å²) in [5.41, 5.74) is 3.00. The van der Waals surface area contributed by atoms with Crippen molar-refractivity contribution in [2.24, 2.45) is 0 Å². The highest BCUT2D eigenvalue weighted by Gasteiger charge is 2.30. The second-order valence-corrected chi connectivity index (χ2v) is 8.30. The number of amides is 2. The minimum atomic E-state index is -0.0529. The number of fused-ring (bicyclic) bond motifs is 1. The lowest BCUT2D eigenvalue weighted by molar-refractivity contribution is -0.115. The monoisotopic (exact) mass is 443 g/mol. The summed E-state index contributed by atoms with van der Waals surface area (Å²) in [5, 5.41) is 8.02. The fourth-order valence-corrected chi connectivity index (χ4v) is 4.23. The van der Waals surface area contributed by atoms with Crippen molar-refractivity contribution in [3.63, 3.8) is 0 Å². The van der Waals surface area contributed by atoms with Crippen LogP contribution in [0.5, 0.6) is 0 Å². The first kappa shape index (κ1) is 20.9. The number of nitrogens with one attached hydrogen (secondary N) is 2. The first-order valence-electron chi connectivity index (χ1n) is 11.2. The minimum absolute atomic E-state index is 0.0173. The summed E-state index contributed by atoms with van der Waals surface area (Å²) in [6, 6.07) is 17.1. The molecule has 1 aliphatic heterocycles. The Morgan fingerprint density at radius 1 is 1.18 bits per heavy atom. The predicted molar refractivity (Wildman–Crippen MR) is 125 cm³/mol. The topological polar surface area (TPSA) is 104 Å². The van der Waals surface area contributed by atoms with Crippen molar-refractivity contribution >= 4 is 28.4 Å². The van der Waals surface area contributed by atoms with Gasteiger partial charge in [0.1, 0.15) is 5.69 Å². The minimum Gasteiger partial charge on any atom is -0.351 e. The van der Waals surface area contributed by atoms with Crippen LogP contribution in [-0.2, 0) is 4.79 Å². The molecule has 1 unspecified atom stereocenters. The maximum atomic E-state index is 13.1. The van der Waals surface area contributed by atoms with E-state index in [1.54, 1.807) is 6.92 Å². The van der Waals surface area contributed by atoms with E-state index in [1.165, 1.54) is 0 Å². The van der Waals surface area contributed by atoms with Gasteiger partial charge in [0.25, 0.3) is 5.91 Å². The standard InChI is InChI=1S/C25H25N5O3/c1-2-22(31)26-19-10-5-8-17(13-19)23-28-24(33-29-23)18-9-6-12-30(15-18)25(32)21-14-16-7-3-4-11-20(16)27-21/h3-5,7-8,10-11,13-14,18,27H,2,6,9,12,15H2,1H3,(H,26,31). The molecule has 8 nitrogen and oxygen atoms in total. The van der Waals surface area contributed by atoms with Gasteiger partial charge in [-0.05, 0) is 37.1 Å². The third-order valence-corrected chi connectivity index (χ3v) is 5.99. The Kier molecular flexibility index (Phi) is 5.64. The number of hydrogen-bond donors (Lipinski definition) is 2. The third kappa shape index (κ3) is 4.37. The zero-order valence-electron chi connectivity index (χ0n) is 18.4. The molecular formula is C25H25N5O3. The molecule has 2 aromatic heterocycles. The number of nitrogens with zero attached hydrogens (tertiary/aromatic N) is 3. The number of carbonyl (C=O) groups is 2.